The van der Waals surface area contributed by atoms with E-state index >= 15 is 0 Å². The van der Waals surface area contributed by atoms with Crippen molar-refractivity contribution < 1.29 is 22.4 Å². The molecule has 0 aromatic heterocycles. The molecule has 0 bridgehead atoms. The molecule has 3 amide bonds. The highest BCUT2D eigenvalue weighted by Gasteiger charge is 2.29. The van der Waals surface area contributed by atoms with Crippen molar-refractivity contribution in [1.82, 2.24) is 10.6 Å². The molecule has 0 spiro atoms. The Hall–Kier alpha value is -1.68. The number of carbonyl (C=O) groups excluding carboxylic acids is 2. The van der Waals surface area contributed by atoms with Gasteiger partial charge in [-0.25, -0.2) is 17.6 Å². The monoisotopic (exact) mass is 447 g/mol. The van der Waals surface area contributed by atoms with Crippen molar-refractivity contribution in [3.63, 3.8) is 0 Å². The number of hydrogen-bond acceptors (Lipinski definition) is 5. The van der Waals surface area contributed by atoms with Gasteiger partial charge in [0.2, 0.25) is 5.91 Å². The minimum Gasteiger partial charge on any atom is -0.362 e. The van der Waals surface area contributed by atoms with Gasteiger partial charge in [0.25, 0.3) is 0 Å². The first kappa shape index (κ1) is 19.1. The van der Waals surface area contributed by atoms with Crippen LogP contribution in [-0.2, 0) is 21.1 Å². The molecule has 1 aromatic rings. The summed E-state index contributed by atoms with van der Waals surface area (Å²) in [6.07, 6.45) is 1.66. The minimum atomic E-state index is -3.11. The number of fused-ring (bicyclic) bond motifs is 1. The van der Waals surface area contributed by atoms with Gasteiger partial charge in [0.1, 0.15) is 5.82 Å². The smallest absolute Gasteiger partial charge is 0.321 e. The molecule has 26 heavy (non-hydrogen) atoms. The van der Waals surface area contributed by atoms with E-state index in [0.29, 0.717) is 41.5 Å². The number of anilines is 1. The zero-order valence-electron chi connectivity index (χ0n) is 13.9. The summed E-state index contributed by atoms with van der Waals surface area (Å²) in [4.78, 5) is 25.8. The molecule has 7 nitrogen and oxygen atoms in total. The van der Waals surface area contributed by atoms with Crippen LogP contribution in [0, 0.1) is 5.82 Å². The van der Waals surface area contributed by atoms with Gasteiger partial charge in [0.15, 0.2) is 9.84 Å². The predicted molar refractivity (Wildman–Crippen MR) is 98.4 cm³/mol. The molecule has 1 unspecified atom stereocenters. The van der Waals surface area contributed by atoms with E-state index in [1.54, 1.807) is 11.0 Å². The van der Waals surface area contributed by atoms with Gasteiger partial charge in [-0.3, -0.25) is 10.1 Å². The number of halogens is 2. The molecule has 142 valence electrons. The van der Waals surface area contributed by atoms with Gasteiger partial charge in [0, 0.05) is 28.3 Å². The SMILES string of the molecule is O=C(CN1CCCc2c(F)cc(Br)cc21)NC(=O)NC1CCS(=O)(=O)C1. The number of nitrogens with zero attached hydrogens (tertiary/aromatic N) is 1. The number of benzene rings is 1. The number of rotatable bonds is 3. The summed E-state index contributed by atoms with van der Waals surface area (Å²) in [5, 5.41) is 4.71. The standard InChI is InChI=1S/C16H19BrFN3O4S/c17-10-6-13(18)12-2-1-4-21(14(12)7-10)8-15(22)20-16(23)19-11-3-5-26(24,25)9-11/h6-7,11H,1-5,8-9H2,(H2,19,20,22,23). The van der Waals surface area contributed by atoms with Crippen LogP contribution in [0.15, 0.2) is 16.6 Å². The maximum absolute atomic E-state index is 14.1. The molecule has 0 aliphatic carbocycles. The number of hydrogen-bond donors (Lipinski definition) is 2. The zero-order valence-corrected chi connectivity index (χ0v) is 16.3. The van der Waals surface area contributed by atoms with Crippen molar-refractivity contribution in [2.24, 2.45) is 0 Å². The number of amides is 3. The Morgan fingerprint density at radius 1 is 1.35 bits per heavy atom. The lowest BCUT2D eigenvalue weighted by Crippen LogP contribution is -2.48. The fourth-order valence-corrected chi connectivity index (χ4v) is 5.41. The Balaban J connectivity index is 1.58. The molecule has 10 heteroatoms. The zero-order chi connectivity index (χ0) is 18.9. The van der Waals surface area contributed by atoms with E-state index in [-0.39, 0.29) is 23.9 Å². The highest BCUT2D eigenvalue weighted by Crippen LogP contribution is 2.32. The first-order valence-corrected chi connectivity index (χ1v) is 10.9. The van der Waals surface area contributed by atoms with E-state index in [0.717, 1.165) is 0 Å². The van der Waals surface area contributed by atoms with Crippen molar-refractivity contribution in [3.8, 4) is 0 Å². The Kier molecular flexibility index (Phi) is 5.52. The number of urea groups is 1. The summed E-state index contributed by atoms with van der Waals surface area (Å²) in [6, 6.07) is 1.96. The third-order valence-electron chi connectivity index (χ3n) is 4.49. The van der Waals surface area contributed by atoms with Crippen molar-refractivity contribution in [3.05, 3.63) is 28.0 Å². The van der Waals surface area contributed by atoms with Gasteiger partial charge < -0.3 is 10.2 Å². The maximum atomic E-state index is 14.1. The van der Waals surface area contributed by atoms with Gasteiger partial charge in [0.05, 0.1) is 18.1 Å². The van der Waals surface area contributed by atoms with Gasteiger partial charge >= 0.3 is 6.03 Å². The molecule has 2 aliphatic rings. The fourth-order valence-electron chi connectivity index (χ4n) is 3.32. The van der Waals surface area contributed by atoms with Crippen molar-refractivity contribution in [2.75, 3.05) is 29.5 Å². The van der Waals surface area contributed by atoms with E-state index in [2.05, 4.69) is 26.6 Å². The Morgan fingerprint density at radius 2 is 2.12 bits per heavy atom. The molecule has 3 rings (SSSR count). The van der Waals surface area contributed by atoms with E-state index in [1.165, 1.54) is 6.07 Å². The second-order valence-electron chi connectivity index (χ2n) is 6.53. The normalized spacial score (nSPS) is 21.2. The van der Waals surface area contributed by atoms with Crippen LogP contribution in [0.1, 0.15) is 18.4 Å². The average molecular weight is 448 g/mol. The van der Waals surface area contributed by atoms with E-state index < -0.39 is 27.8 Å². The molecule has 1 aromatic carbocycles. The maximum Gasteiger partial charge on any atom is 0.321 e. The van der Waals surface area contributed by atoms with Crippen LogP contribution in [0.4, 0.5) is 14.9 Å². The lowest BCUT2D eigenvalue weighted by molar-refractivity contribution is -0.118. The summed E-state index contributed by atoms with van der Waals surface area (Å²) >= 11 is 3.25. The molecule has 1 fully saturated rings. The third-order valence-corrected chi connectivity index (χ3v) is 6.71. The Labute approximate surface area is 159 Å². The molecule has 1 saturated heterocycles. The van der Waals surface area contributed by atoms with E-state index in [9.17, 15) is 22.4 Å². The van der Waals surface area contributed by atoms with Gasteiger partial charge in [-0.15, -0.1) is 0 Å². The molecule has 0 radical (unpaired) electrons. The highest BCUT2D eigenvalue weighted by atomic mass is 79.9. The molecular formula is C16H19BrFN3O4S. The lowest BCUT2D eigenvalue weighted by atomic mass is 10.0. The van der Waals surface area contributed by atoms with E-state index in [4.69, 9.17) is 0 Å². The molecule has 2 heterocycles. The van der Waals surface area contributed by atoms with Gasteiger partial charge in [-0.1, -0.05) is 15.9 Å². The van der Waals surface area contributed by atoms with Crippen molar-refractivity contribution >= 4 is 43.4 Å². The molecule has 0 saturated carbocycles. The highest BCUT2D eigenvalue weighted by molar-refractivity contribution is 9.10. The first-order valence-electron chi connectivity index (χ1n) is 8.27. The van der Waals surface area contributed by atoms with Crippen LogP contribution < -0.4 is 15.5 Å². The lowest BCUT2D eigenvalue weighted by Gasteiger charge is -2.31. The summed E-state index contributed by atoms with van der Waals surface area (Å²) in [5.41, 5.74) is 1.20. The topological polar surface area (TPSA) is 95.6 Å². The summed E-state index contributed by atoms with van der Waals surface area (Å²) < 4.78 is 37.5. The molecular weight excluding hydrogens is 429 g/mol. The second kappa shape index (κ2) is 7.51. The second-order valence-corrected chi connectivity index (χ2v) is 9.68. The molecule has 1 atom stereocenters. The van der Waals surface area contributed by atoms with Crippen LogP contribution in [0.5, 0.6) is 0 Å². The van der Waals surface area contributed by atoms with Crippen LogP contribution >= 0.6 is 15.9 Å². The fraction of sp³-hybridized carbons (Fsp3) is 0.500. The Morgan fingerprint density at radius 3 is 2.81 bits per heavy atom. The number of nitrogens with one attached hydrogen (secondary N) is 2. The molecule has 2 N–H and O–H groups in total. The quantitative estimate of drug-likeness (QED) is 0.728. The minimum absolute atomic E-state index is 0.0386. The number of carbonyl (C=O) groups is 2. The summed E-state index contributed by atoms with van der Waals surface area (Å²) in [7, 11) is -3.11. The van der Waals surface area contributed by atoms with Crippen LogP contribution in [-0.4, -0.2) is 51.0 Å². The number of imide groups is 1. The average Bonchev–Trinajstić information content (AvgIpc) is 2.86. The van der Waals surface area contributed by atoms with Gasteiger partial charge in [-0.2, -0.15) is 0 Å². The van der Waals surface area contributed by atoms with Crippen LogP contribution in [0.2, 0.25) is 0 Å². The van der Waals surface area contributed by atoms with E-state index in [1.807, 2.05) is 0 Å². The van der Waals surface area contributed by atoms with Crippen LogP contribution in [0.3, 0.4) is 0 Å². The largest absolute Gasteiger partial charge is 0.362 e. The molecule has 2 aliphatic heterocycles. The van der Waals surface area contributed by atoms with Gasteiger partial charge in [-0.05, 0) is 31.4 Å². The summed E-state index contributed by atoms with van der Waals surface area (Å²) in [5.74, 6) is -0.922. The Bertz CT molecular complexity index is 846. The number of sulfone groups is 1. The van der Waals surface area contributed by atoms with Crippen LogP contribution in [0.25, 0.3) is 0 Å². The predicted octanol–water partition coefficient (Wildman–Crippen LogP) is 1.35. The van der Waals surface area contributed by atoms with Crippen molar-refractivity contribution in [2.45, 2.75) is 25.3 Å². The first-order chi connectivity index (χ1) is 12.2. The summed E-state index contributed by atoms with van der Waals surface area (Å²) in [6.45, 7) is 0.498. The third kappa shape index (κ3) is 4.53. The van der Waals surface area contributed by atoms with Crippen molar-refractivity contribution in [1.29, 1.82) is 0 Å².